The van der Waals surface area contributed by atoms with E-state index in [-0.39, 0.29) is 0 Å². The number of benzene rings is 1. The first-order valence-electron chi connectivity index (χ1n) is 6.63. The van der Waals surface area contributed by atoms with Gasteiger partial charge in [-0.1, -0.05) is 15.9 Å². The molecule has 0 radical (unpaired) electrons. The van der Waals surface area contributed by atoms with E-state index < -0.39 is 0 Å². The topological polar surface area (TPSA) is 34.4 Å². The second-order valence-corrected chi connectivity index (χ2v) is 5.80. The maximum Gasteiger partial charge on any atom is 0.146 e. The maximum atomic E-state index is 5.82. The van der Waals surface area contributed by atoms with E-state index in [9.17, 15) is 0 Å². The average Bonchev–Trinajstić information content (AvgIpc) is 2.75. The molecule has 0 saturated heterocycles. The first kappa shape index (κ1) is 15.1. The molecule has 2 rings (SSSR count). The third-order valence-corrected chi connectivity index (χ3v) is 4.45. The van der Waals surface area contributed by atoms with Crippen molar-refractivity contribution >= 4 is 15.9 Å². The molecule has 0 spiro atoms. The molecular weight excluding hydrogens is 318 g/mol. The van der Waals surface area contributed by atoms with Crippen LogP contribution in [0.4, 0.5) is 0 Å². The summed E-state index contributed by atoms with van der Waals surface area (Å²) in [6.07, 6.45) is 0. The lowest BCUT2D eigenvalue weighted by molar-refractivity contribution is 0.265. The van der Waals surface area contributed by atoms with E-state index in [0.717, 1.165) is 33.9 Å². The average molecular weight is 338 g/mol. The van der Waals surface area contributed by atoms with Crippen molar-refractivity contribution in [3.63, 3.8) is 0 Å². The Balaban J connectivity index is 2.07. The predicted molar refractivity (Wildman–Crippen MR) is 84.2 cm³/mol. The van der Waals surface area contributed by atoms with Gasteiger partial charge in [0.25, 0.3) is 0 Å². The molecule has 0 bridgehead atoms. The Morgan fingerprint density at radius 2 is 1.75 bits per heavy atom. The molecule has 1 aromatic carbocycles. The maximum absolute atomic E-state index is 5.82. The van der Waals surface area contributed by atoms with Crippen molar-refractivity contribution in [1.29, 1.82) is 0 Å². The van der Waals surface area contributed by atoms with Crippen LogP contribution in [0.2, 0.25) is 0 Å². The fraction of sp³-hybridized carbons (Fsp3) is 0.375. The Morgan fingerprint density at radius 3 is 2.35 bits per heavy atom. The van der Waals surface area contributed by atoms with Crippen molar-refractivity contribution in [3.8, 4) is 5.75 Å². The summed E-state index contributed by atoms with van der Waals surface area (Å²) in [5, 5.41) is 3.09. The van der Waals surface area contributed by atoms with E-state index in [1.807, 2.05) is 32.2 Å². The molecule has 4 heteroatoms. The Kier molecular flexibility index (Phi) is 4.89. The zero-order chi connectivity index (χ0) is 14.7. The third kappa shape index (κ3) is 3.44. The number of nitrogens with one attached hydrogen (secondary N) is 1. The molecule has 0 aliphatic rings. The molecular formula is C16H20BrNO2. The lowest BCUT2D eigenvalue weighted by atomic mass is 10.1. The van der Waals surface area contributed by atoms with Crippen LogP contribution in [0.5, 0.6) is 5.75 Å². The fourth-order valence-electron chi connectivity index (χ4n) is 2.14. The molecule has 0 amide bonds. The molecule has 0 saturated carbocycles. The summed E-state index contributed by atoms with van der Waals surface area (Å²) in [4.78, 5) is 0. The van der Waals surface area contributed by atoms with Crippen molar-refractivity contribution in [2.45, 2.75) is 33.9 Å². The van der Waals surface area contributed by atoms with Gasteiger partial charge in [-0.05, 0) is 62.7 Å². The summed E-state index contributed by atoms with van der Waals surface area (Å²) in [7, 11) is 1.91. The molecule has 0 aliphatic carbocycles. The highest BCUT2D eigenvalue weighted by Gasteiger charge is 2.08. The molecule has 0 atom stereocenters. The van der Waals surface area contributed by atoms with Crippen molar-refractivity contribution in [2.75, 3.05) is 7.05 Å². The number of furan rings is 1. The number of aryl methyl sites for hydroxylation is 3. The number of ether oxygens (including phenoxy) is 1. The monoisotopic (exact) mass is 337 g/mol. The van der Waals surface area contributed by atoms with Crippen LogP contribution in [0.15, 0.2) is 27.1 Å². The normalized spacial score (nSPS) is 10.8. The van der Waals surface area contributed by atoms with Crippen LogP contribution < -0.4 is 10.1 Å². The summed E-state index contributed by atoms with van der Waals surface area (Å²) >= 11 is 3.56. The van der Waals surface area contributed by atoms with Crippen molar-refractivity contribution in [1.82, 2.24) is 5.32 Å². The molecule has 20 heavy (non-hydrogen) atoms. The van der Waals surface area contributed by atoms with Gasteiger partial charge in [0.15, 0.2) is 0 Å². The highest BCUT2D eigenvalue weighted by molar-refractivity contribution is 9.10. The van der Waals surface area contributed by atoms with Crippen LogP contribution in [0.25, 0.3) is 0 Å². The van der Waals surface area contributed by atoms with Crippen molar-refractivity contribution < 1.29 is 9.15 Å². The van der Waals surface area contributed by atoms with Crippen LogP contribution >= 0.6 is 15.9 Å². The largest absolute Gasteiger partial charge is 0.486 e. The quantitative estimate of drug-likeness (QED) is 0.884. The minimum Gasteiger partial charge on any atom is -0.486 e. The van der Waals surface area contributed by atoms with Crippen LogP contribution in [-0.4, -0.2) is 7.05 Å². The van der Waals surface area contributed by atoms with E-state index in [1.54, 1.807) is 0 Å². The third-order valence-electron chi connectivity index (χ3n) is 3.20. The lowest BCUT2D eigenvalue weighted by Crippen LogP contribution is -2.04. The van der Waals surface area contributed by atoms with Crippen LogP contribution in [-0.2, 0) is 13.2 Å². The summed E-state index contributed by atoms with van der Waals surface area (Å²) in [6.45, 7) is 7.36. The SMILES string of the molecule is CNCc1oc(COc2cc(C)c(Br)c(C)c2)cc1C. The van der Waals surface area contributed by atoms with Crippen LogP contribution in [0, 0.1) is 20.8 Å². The summed E-state index contributed by atoms with van der Waals surface area (Å²) in [5.74, 6) is 2.69. The van der Waals surface area contributed by atoms with Crippen LogP contribution in [0.1, 0.15) is 28.2 Å². The second-order valence-electron chi connectivity index (χ2n) is 5.01. The van der Waals surface area contributed by atoms with Gasteiger partial charge in [0.1, 0.15) is 23.9 Å². The van der Waals surface area contributed by atoms with E-state index in [0.29, 0.717) is 6.61 Å². The zero-order valence-corrected chi connectivity index (χ0v) is 13.9. The molecule has 0 aliphatic heterocycles. The number of hydrogen-bond donors (Lipinski definition) is 1. The highest BCUT2D eigenvalue weighted by Crippen LogP contribution is 2.27. The van der Waals surface area contributed by atoms with Gasteiger partial charge in [-0.15, -0.1) is 0 Å². The molecule has 0 fully saturated rings. The molecule has 1 heterocycles. The smallest absolute Gasteiger partial charge is 0.146 e. The van der Waals surface area contributed by atoms with Gasteiger partial charge in [0.2, 0.25) is 0 Å². The van der Waals surface area contributed by atoms with Crippen LogP contribution in [0.3, 0.4) is 0 Å². The molecule has 3 nitrogen and oxygen atoms in total. The highest BCUT2D eigenvalue weighted by atomic mass is 79.9. The number of rotatable bonds is 5. The van der Waals surface area contributed by atoms with Gasteiger partial charge < -0.3 is 14.5 Å². The Morgan fingerprint density at radius 1 is 1.10 bits per heavy atom. The minimum absolute atomic E-state index is 0.449. The van der Waals surface area contributed by atoms with Gasteiger partial charge >= 0.3 is 0 Å². The standard InChI is InChI=1S/C16H20BrNO2/c1-10-5-14(20-15(10)8-18-4)9-19-13-6-11(2)16(17)12(3)7-13/h5-7,18H,8-9H2,1-4H3. The van der Waals surface area contributed by atoms with Crippen molar-refractivity contribution in [3.05, 3.63) is 50.9 Å². The number of hydrogen-bond acceptors (Lipinski definition) is 3. The Bertz CT molecular complexity index is 582. The summed E-state index contributed by atoms with van der Waals surface area (Å²) in [5.41, 5.74) is 3.50. The minimum atomic E-state index is 0.449. The predicted octanol–water partition coefficient (Wildman–Crippen LogP) is 4.27. The van der Waals surface area contributed by atoms with E-state index in [4.69, 9.17) is 9.15 Å². The molecule has 1 N–H and O–H groups in total. The van der Waals surface area contributed by atoms with E-state index >= 15 is 0 Å². The molecule has 0 unspecified atom stereocenters. The molecule has 1 aromatic heterocycles. The number of halogens is 1. The van der Waals surface area contributed by atoms with Gasteiger partial charge in [-0.2, -0.15) is 0 Å². The van der Waals surface area contributed by atoms with E-state index in [2.05, 4.69) is 35.1 Å². The Labute approximate surface area is 128 Å². The van der Waals surface area contributed by atoms with Crippen molar-refractivity contribution in [2.24, 2.45) is 0 Å². The van der Waals surface area contributed by atoms with E-state index in [1.165, 1.54) is 11.1 Å². The van der Waals surface area contributed by atoms with Gasteiger partial charge in [0.05, 0.1) is 6.54 Å². The molecule has 108 valence electrons. The van der Waals surface area contributed by atoms with Gasteiger partial charge in [0, 0.05) is 4.47 Å². The second kappa shape index (κ2) is 6.46. The van der Waals surface area contributed by atoms with Gasteiger partial charge in [-0.3, -0.25) is 0 Å². The first-order chi connectivity index (χ1) is 9.51. The summed E-state index contributed by atoms with van der Waals surface area (Å²) in [6, 6.07) is 6.09. The summed E-state index contributed by atoms with van der Waals surface area (Å²) < 4.78 is 12.7. The zero-order valence-electron chi connectivity index (χ0n) is 12.3. The van der Waals surface area contributed by atoms with Gasteiger partial charge in [-0.25, -0.2) is 0 Å². The fourth-order valence-corrected chi connectivity index (χ4v) is 2.37. The lowest BCUT2D eigenvalue weighted by Gasteiger charge is -2.09. The first-order valence-corrected chi connectivity index (χ1v) is 7.43. The molecule has 2 aromatic rings. The Hall–Kier alpha value is -1.26.